The van der Waals surface area contributed by atoms with E-state index in [4.69, 9.17) is 9.47 Å². The van der Waals surface area contributed by atoms with Crippen LogP contribution in [0.2, 0.25) is 0 Å². The molecule has 0 aliphatic carbocycles. The number of carbonyl (C=O) groups excluding carboxylic acids is 2. The first-order chi connectivity index (χ1) is 13.0. The summed E-state index contributed by atoms with van der Waals surface area (Å²) in [5.41, 5.74) is 0.795. The molecule has 1 fully saturated rings. The van der Waals surface area contributed by atoms with Crippen molar-refractivity contribution >= 4 is 23.2 Å². The third kappa shape index (κ3) is 2.67. The molecule has 4 rings (SSSR count). The maximum Gasteiger partial charge on any atom is 0.263 e. The van der Waals surface area contributed by atoms with Gasteiger partial charge in [0.25, 0.3) is 11.8 Å². The van der Waals surface area contributed by atoms with Gasteiger partial charge < -0.3 is 9.47 Å². The van der Waals surface area contributed by atoms with Crippen LogP contribution in [0.3, 0.4) is 0 Å². The Kier molecular flexibility index (Phi) is 3.98. The van der Waals surface area contributed by atoms with Gasteiger partial charge in [0, 0.05) is 18.2 Å². The van der Waals surface area contributed by atoms with Gasteiger partial charge in [0.1, 0.15) is 17.3 Å². The van der Waals surface area contributed by atoms with Gasteiger partial charge in [-0.25, -0.2) is 14.3 Å². The Morgan fingerprint density at radius 3 is 2.15 bits per heavy atom. The van der Waals surface area contributed by atoms with Crippen LogP contribution >= 0.6 is 0 Å². The molecule has 0 saturated carbocycles. The van der Waals surface area contributed by atoms with E-state index >= 15 is 0 Å². The number of anilines is 2. The quantitative estimate of drug-likeness (QED) is 0.772. The molecule has 27 heavy (non-hydrogen) atoms. The Hall–Kier alpha value is -3.49. The molecule has 0 spiro atoms. The second-order valence-corrected chi connectivity index (χ2v) is 6.00. The summed E-state index contributed by atoms with van der Waals surface area (Å²) in [6.07, 6.45) is 0. The number of nitrogens with zero attached hydrogens (tertiary/aromatic N) is 4. The second kappa shape index (κ2) is 6.35. The van der Waals surface area contributed by atoms with Gasteiger partial charge in [0.2, 0.25) is 0 Å². The van der Waals surface area contributed by atoms with E-state index in [1.165, 1.54) is 43.5 Å². The van der Waals surface area contributed by atoms with Crippen LogP contribution in [0.25, 0.3) is 0 Å². The molecule has 2 heterocycles. The van der Waals surface area contributed by atoms with Crippen molar-refractivity contribution in [1.82, 2.24) is 0 Å². The number of hydrogen-bond donors (Lipinski definition) is 0. The maximum atomic E-state index is 13.2. The summed E-state index contributed by atoms with van der Waals surface area (Å²) in [5.74, 6) is -0.422. The number of fused-ring (bicyclic) bond motifs is 1. The molecule has 1 saturated heterocycles. The molecular formula is C18H15FN4O4. The van der Waals surface area contributed by atoms with Crippen LogP contribution in [-0.4, -0.2) is 38.1 Å². The zero-order chi connectivity index (χ0) is 19.1. The summed E-state index contributed by atoms with van der Waals surface area (Å²) in [6, 6.07) is 8.28. The Labute approximate surface area is 153 Å². The van der Waals surface area contributed by atoms with Gasteiger partial charge in [-0.2, -0.15) is 5.11 Å². The molecule has 2 aliphatic heterocycles. The molecular weight excluding hydrogens is 355 g/mol. The highest BCUT2D eigenvalue weighted by Crippen LogP contribution is 2.37. The summed E-state index contributed by atoms with van der Waals surface area (Å²) in [6.45, 7) is 0. The lowest BCUT2D eigenvalue weighted by Crippen LogP contribution is -2.39. The van der Waals surface area contributed by atoms with Crippen molar-refractivity contribution in [3.8, 4) is 11.5 Å². The Morgan fingerprint density at radius 1 is 0.926 bits per heavy atom. The smallest absolute Gasteiger partial charge is 0.263 e. The molecule has 0 radical (unpaired) electrons. The van der Waals surface area contributed by atoms with Crippen LogP contribution in [0.4, 0.5) is 15.8 Å². The van der Waals surface area contributed by atoms with E-state index in [0.717, 1.165) is 4.90 Å². The molecule has 2 aliphatic rings. The lowest BCUT2D eigenvalue weighted by molar-refractivity contribution is -0.121. The normalized spacial score (nSPS) is 21.0. The lowest BCUT2D eigenvalue weighted by Gasteiger charge is -2.21. The highest BCUT2D eigenvalue weighted by molar-refractivity contribution is 6.26. The molecule has 2 unspecified atom stereocenters. The fraction of sp³-hybridized carbons (Fsp3) is 0.222. The van der Waals surface area contributed by atoms with Crippen LogP contribution in [0.5, 0.6) is 11.5 Å². The molecule has 2 amide bonds. The van der Waals surface area contributed by atoms with Crippen molar-refractivity contribution in [1.29, 1.82) is 0 Å². The number of methoxy groups -OCH3 is 2. The van der Waals surface area contributed by atoms with Crippen molar-refractivity contribution in [3.63, 3.8) is 0 Å². The lowest BCUT2D eigenvalue weighted by atomic mass is 10.1. The Balaban J connectivity index is 1.70. The van der Waals surface area contributed by atoms with E-state index in [-0.39, 0.29) is 0 Å². The molecule has 2 atom stereocenters. The molecule has 138 valence electrons. The van der Waals surface area contributed by atoms with Gasteiger partial charge in [-0.05, 0) is 24.3 Å². The summed E-state index contributed by atoms with van der Waals surface area (Å²) in [5, 5.41) is 9.35. The predicted octanol–water partition coefficient (Wildman–Crippen LogP) is 2.34. The first-order valence-electron chi connectivity index (χ1n) is 8.10. The van der Waals surface area contributed by atoms with E-state index in [1.54, 1.807) is 18.2 Å². The van der Waals surface area contributed by atoms with Gasteiger partial charge in [-0.1, -0.05) is 5.22 Å². The Bertz CT molecular complexity index is 925. The van der Waals surface area contributed by atoms with E-state index < -0.39 is 29.7 Å². The van der Waals surface area contributed by atoms with Gasteiger partial charge in [-0.15, -0.1) is 0 Å². The summed E-state index contributed by atoms with van der Waals surface area (Å²) >= 11 is 0. The van der Waals surface area contributed by atoms with E-state index in [1.807, 2.05) is 0 Å². The zero-order valence-electron chi connectivity index (χ0n) is 14.5. The Morgan fingerprint density at radius 2 is 1.56 bits per heavy atom. The van der Waals surface area contributed by atoms with Gasteiger partial charge in [-0.3, -0.25) is 9.59 Å². The molecule has 9 heteroatoms. The monoisotopic (exact) mass is 370 g/mol. The van der Waals surface area contributed by atoms with E-state index in [0.29, 0.717) is 22.9 Å². The van der Waals surface area contributed by atoms with Crippen LogP contribution in [0, 0.1) is 5.82 Å². The van der Waals surface area contributed by atoms with Crippen molar-refractivity contribution < 1.29 is 23.5 Å². The average molecular weight is 370 g/mol. The first-order valence-corrected chi connectivity index (χ1v) is 8.10. The first kappa shape index (κ1) is 17.0. The van der Waals surface area contributed by atoms with Gasteiger partial charge >= 0.3 is 0 Å². The molecule has 0 aromatic heterocycles. The summed E-state index contributed by atoms with van der Waals surface area (Å²) in [7, 11) is 3.01. The number of rotatable bonds is 4. The number of imide groups is 1. The van der Waals surface area contributed by atoms with Gasteiger partial charge in [0.05, 0.1) is 25.6 Å². The van der Waals surface area contributed by atoms with Gasteiger partial charge in [0.15, 0.2) is 12.1 Å². The molecule has 0 N–H and O–H groups in total. The number of carbonyl (C=O) groups is 2. The van der Waals surface area contributed by atoms with Crippen molar-refractivity contribution in [2.45, 2.75) is 12.1 Å². The molecule has 0 bridgehead atoms. The minimum atomic E-state index is -0.959. The summed E-state index contributed by atoms with van der Waals surface area (Å²) in [4.78, 5) is 26.7. The minimum Gasteiger partial charge on any atom is -0.497 e. The number of benzene rings is 2. The zero-order valence-corrected chi connectivity index (χ0v) is 14.5. The largest absolute Gasteiger partial charge is 0.497 e. The van der Waals surface area contributed by atoms with Crippen LogP contribution < -0.4 is 19.4 Å². The number of amides is 2. The fourth-order valence-corrected chi connectivity index (χ4v) is 3.14. The van der Waals surface area contributed by atoms with Crippen LogP contribution in [-0.2, 0) is 9.59 Å². The highest BCUT2D eigenvalue weighted by Gasteiger charge is 2.55. The minimum absolute atomic E-state index is 0.291. The molecule has 8 nitrogen and oxygen atoms in total. The standard InChI is InChI=1S/C18H15FN4O4/c1-26-13-7-12(8-14(9-13)27-2)23-16-15(20-21-23)17(24)22(18(16)25)11-5-3-10(19)4-6-11/h3-9,15-16H,1-2H3. The third-order valence-corrected chi connectivity index (χ3v) is 4.47. The van der Waals surface area contributed by atoms with Crippen molar-refractivity contribution in [2.24, 2.45) is 10.3 Å². The topological polar surface area (TPSA) is 83.8 Å². The number of ether oxygens (including phenoxy) is 2. The average Bonchev–Trinajstić information content (AvgIpc) is 3.23. The van der Waals surface area contributed by atoms with Crippen molar-refractivity contribution in [2.75, 3.05) is 24.1 Å². The predicted molar refractivity (Wildman–Crippen MR) is 93.4 cm³/mol. The molecule has 2 aromatic rings. The van der Waals surface area contributed by atoms with Crippen LogP contribution in [0.15, 0.2) is 52.8 Å². The highest BCUT2D eigenvalue weighted by atomic mass is 19.1. The second-order valence-electron chi connectivity index (χ2n) is 6.00. The molecule has 2 aromatic carbocycles. The van der Waals surface area contributed by atoms with Crippen molar-refractivity contribution in [3.05, 3.63) is 48.3 Å². The summed E-state index contributed by atoms with van der Waals surface area (Å²) < 4.78 is 23.7. The number of halogens is 1. The fourth-order valence-electron chi connectivity index (χ4n) is 3.14. The third-order valence-electron chi connectivity index (χ3n) is 4.47. The maximum absolute atomic E-state index is 13.2. The number of hydrogen-bond acceptors (Lipinski definition) is 7. The SMILES string of the molecule is COc1cc(OC)cc(N2N=NC3C(=O)N(c4ccc(F)cc4)C(=O)C32)c1. The van der Waals surface area contributed by atoms with E-state index in [2.05, 4.69) is 10.3 Å². The van der Waals surface area contributed by atoms with E-state index in [9.17, 15) is 14.0 Å². The van der Waals surface area contributed by atoms with Crippen LogP contribution in [0.1, 0.15) is 0 Å².